The minimum Gasteiger partial charge on any atom is -0.382 e. The fourth-order valence-corrected chi connectivity index (χ4v) is 1.67. The molecule has 0 atom stereocenters. The second kappa shape index (κ2) is 8.28. The lowest BCUT2D eigenvalue weighted by molar-refractivity contribution is 0.146. The van der Waals surface area contributed by atoms with Crippen LogP contribution in [0, 0.1) is 0 Å². The molecule has 5 heteroatoms. The zero-order valence-electron chi connectivity index (χ0n) is 9.83. The summed E-state index contributed by atoms with van der Waals surface area (Å²) in [5.41, 5.74) is 0.889. The summed E-state index contributed by atoms with van der Waals surface area (Å²) >= 11 is 11.0. The maximum absolute atomic E-state index is 5.87. The molecular formula is C12H17ClN2OS. The molecule has 1 aromatic carbocycles. The van der Waals surface area contributed by atoms with Crippen LogP contribution in [0.2, 0.25) is 5.02 Å². The smallest absolute Gasteiger partial charge is 0.170 e. The van der Waals surface area contributed by atoms with Gasteiger partial charge in [-0.1, -0.05) is 17.7 Å². The van der Waals surface area contributed by atoms with Crippen molar-refractivity contribution in [2.75, 3.05) is 25.1 Å². The zero-order valence-corrected chi connectivity index (χ0v) is 11.4. The molecule has 0 fully saturated rings. The van der Waals surface area contributed by atoms with Crippen LogP contribution in [0.3, 0.4) is 0 Å². The van der Waals surface area contributed by atoms with Gasteiger partial charge in [0.05, 0.1) is 0 Å². The Morgan fingerprint density at radius 3 is 3.00 bits per heavy atom. The van der Waals surface area contributed by atoms with Crippen LogP contribution in [-0.2, 0) is 4.74 Å². The van der Waals surface area contributed by atoms with E-state index in [9.17, 15) is 0 Å². The van der Waals surface area contributed by atoms with E-state index in [2.05, 4.69) is 10.6 Å². The molecule has 94 valence electrons. The van der Waals surface area contributed by atoms with E-state index in [0.717, 1.165) is 31.9 Å². The van der Waals surface area contributed by atoms with E-state index in [1.807, 2.05) is 31.2 Å². The highest BCUT2D eigenvalue weighted by Gasteiger charge is 1.97. The van der Waals surface area contributed by atoms with Crippen molar-refractivity contribution in [3.8, 4) is 0 Å². The quantitative estimate of drug-likeness (QED) is 0.616. The number of hydrogen-bond acceptors (Lipinski definition) is 2. The van der Waals surface area contributed by atoms with Gasteiger partial charge in [0.1, 0.15) is 0 Å². The molecule has 0 spiro atoms. The van der Waals surface area contributed by atoms with E-state index in [4.69, 9.17) is 28.6 Å². The van der Waals surface area contributed by atoms with Gasteiger partial charge < -0.3 is 15.4 Å². The lowest BCUT2D eigenvalue weighted by Gasteiger charge is -2.10. The summed E-state index contributed by atoms with van der Waals surface area (Å²) in [5, 5.41) is 7.47. The van der Waals surface area contributed by atoms with Gasteiger partial charge in [0.15, 0.2) is 5.11 Å². The van der Waals surface area contributed by atoms with Gasteiger partial charge in [-0.3, -0.25) is 0 Å². The highest BCUT2D eigenvalue weighted by atomic mass is 35.5. The third-order valence-corrected chi connectivity index (χ3v) is 2.52. The summed E-state index contributed by atoms with van der Waals surface area (Å²) in [5.74, 6) is 0. The molecule has 0 unspecified atom stereocenters. The Kier molecular flexibility index (Phi) is 6.93. The maximum Gasteiger partial charge on any atom is 0.170 e. The van der Waals surface area contributed by atoms with Crippen molar-refractivity contribution in [1.82, 2.24) is 5.32 Å². The molecule has 0 aliphatic rings. The minimum atomic E-state index is 0.601. The Bertz CT molecular complexity index is 360. The predicted octanol–water partition coefficient (Wildman–Crippen LogP) is 3.05. The second-order valence-electron chi connectivity index (χ2n) is 3.44. The van der Waals surface area contributed by atoms with Crippen LogP contribution >= 0.6 is 23.8 Å². The summed E-state index contributed by atoms with van der Waals surface area (Å²) in [7, 11) is 0. The Balaban J connectivity index is 2.21. The SMILES string of the molecule is CCOCCCNC(=S)Nc1cccc(Cl)c1. The number of thiocarbonyl (C=S) groups is 1. The van der Waals surface area contributed by atoms with Crippen molar-refractivity contribution in [2.24, 2.45) is 0 Å². The first-order valence-corrected chi connectivity index (χ1v) is 6.39. The van der Waals surface area contributed by atoms with Crippen molar-refractivity contribution in [3.63, 3.8) is 0 Å². The lowest BCUT2D eigenvalue weighted by atomic mass is 10.3. The van der Waals surface area contributed by atoms with Crippen molar-refractivity contribution >= 4 is 34.6 Å². The average molecular weight is 273 g/mol. The van der Waals surface area contributed by atoms with Gasteiger partial charge in [0, 0.05) is 30.5 Å². The average Bonchev–Trinajstić information content (AvgIpc) is 2.29. The summed E-state index contributed by atoms with van der Waals surface area (Å²) in [6, 6.07) is 7.45. The minimum absolute atomic E-state index is 0.601. The molecule has 2 N–H and O–H groups in total. The van der Waals surface area contributed by atoms with E-state index in [0.29, 0.717) is 10.1 Å². The molecule has 0 radical (unpaired) electrons. The Morgan fingerprint density at radius 1 is 1.47 bits per heavy atom. The first kappa shape index (κ1) is 14.2. The highest BCUT2D eigenvalue weighted by Crippen LogP contribution is 2.14. The maximum atomic E-state index is 5.87. The molecule has 0 aliphatic carbocycles. The number of anilines is 1. The third kappa shape index (κ3) is 6.46. The molecule has 0 saturated heterocycles. The van der Waals surface area contributed by atoms with Gasteiger partial charge in [-0.2, -0.15) is 0 Å². The highest BCUT2D eigenvalue weighted by molar-refractivity contribution is 7.80. The number of halogens is 1. The normalized spacial score (nSPS) is 10.0. The zero-order chi connectivity index (χ0) is 12.5. The number of hydrogen-bond donors (Lipinski definition) is 2. The Morgan fingerprint density at radius 2 is 2.29 bits per heavy atom. The van der Waals surface area contributed by atoms with Crippen LogP contribution in [0.1, 0.15) is 13.3 Å². The van der Waals surface area contributed by atoms with Gasteiger partial charge in [-0.05, 0) is 43.8 Å². The topological polar surface area (TPSA) is 33.3 Å². The van der Waals surface area contributed by atoms with E-state index in [1.165, 1.54) is 0 Å². The van der Waals surface area contributed by atoms with Crippen molar-refractivity contribution < 1.29 is 4.74 Å². The third-order valence-electron chi connectivity index (χ3n) is 2.04. The van der Waals surface area contributed by atoms with Crippen LogP contribution in [0.4, 0.5) is 5.69 Å². The summed E-state index contributed by atoms with van der Waals surface area (Å²) in [6.07, 6.45) is 0.936. The predicted molar refractivity (Wildman–Crippen MR) is 76.8 cm³/mol. The molecule has 1 aromatic rings. The first-order valence-electron chi connectivity index (χ1n) is 5.60. The van der Waals surface area contributed by atoms with Crippen molar-refractivity contribution in [3.05, 3.63) is 29.3 Å². The van der Waals surface area contributed by atoms with Gasteiger partial charge in [0.2, 0.25) is 0 Å². The van der Waals surface area contributed by atoms with E-state index in [1.54, 1.807) is 0 Å². The lowest BCUT2D eigenvalue weighted by Crippen LogP contribution is -2.29. The van der Waals surface area contributed by atoms with Crippen molar-refractivity contribution in [2.45, 2.75) is 13.3 Å². The first-order chi connectivity index (χ1) is 8.22. The number of nitrogens with one attached hydrogen (secondary N) is 2. The molecule has 0 aromatic heterocycles. The van der Waals surface area contributed by atoms with E-state index < -0.39 is 0 Å². The molecule has 0 bridgehead atoms. The molecule has 0 amide bonds. The van der Waals surface area contributed by atoms with Gasteiger partial charge in [-0.15, -0.1) is 0 Å². The number of rotatable bonds is 6. The largest absolute Gasteiger partial charge is 0.382 e. The van der Waals surface area contributed by atoms with Crippen LogP contribution in [0.25, 0.3) is 0 Å². The van der Waals surface area contributed by atoms with Gasteiger partial charge in [0.25, 0.3) is 0 Å². The fraction of sp³-hybridized carbons (Fsp3) is 0.417. The fourth-order valence-electron chi connectivity index (χ4n) is 1.26. The second-order valence-corrected chi connectivity index (χ2v) is 4.29. The molecular weight excluding hydrogens is 256 g/mol. The Hall–Kier alpha value is -0.840. The van der Waals surface area contributed by atoms with E-state index in [-0.39, 0.29) is 0 Å². The van der Waals surface area contributed by atoms with Crippen molar-refractivity contribution in [1.29, 1.82) is 0 Å². The summed E-state index contributed by atoms with van der Waals surface area (Å²) in [6.45, 7) is 4.29. The monoisotopic (exact) mass is 272 g/mol. The number of benzene rings is 1. The summed E-state index contributed by atoms with van der Waals surface area (Å²) in [4.78, 5) is 0. The molecule has 17 heavy (non-hydrogen) atoms. The van der Waals surface area contributed by atoms with Gasteiger partial charge in [-0.25, -0.2) is 0 Å². The molecule has 1 rings (SSSR count). The number of ether oxygens (including phenoxy) is 1. The molecule has 3 nitrogen and oxygen atoms in total. The molecule has 0 saturated carbocycles. The van der Waals surface area contributed by atoms with E-state index >= 15 is 0 Å². The van der Waals surface area contributed by atoms with Crippen LogP contribution in [0.5, 0.6) is 0 Å². The Labute approximate surface area is 112 Å². The van der Waals surface area contributed by atoms with Crippen LogP contribution < -0.4 is 10.6 Å². The molecule has 0 heterocycles. The summed E-state index contributed by atoms with van der Waals surface area (Å²) < 4.78 is 5.23. The van der Waals surface area contributed by atoms with Crippen LogP contribution in [-0.4, -0.2) is 24.9 Å². The standard InChI is InChI=1S/C12H17ClN2OS/c1-2-16-8-4-7-14-12(17)15-11-6-3-5-10(13)9-11/h3,5-6,9H,2,4,7-8H2,1H3,(H2,14,15,17). The molecule has 0 aliphatic heterocycles. The van der Waals surface area contributed by atoms with Crippen LogP contribution in [0.15, 0.2) is 24.3 Å². The van der Waals surface area contributed by atoms with Gasteiger partial charge >= 0.3 is 0 Å².